The fraction of sp³-hybridized carbons (Fsp3) is 0.429. The molecule has 1 atom stereocenters. The molecule has 0 radical (unpaired) electrons. The number of carbonyl (C=O) groups excluding carboxylic acids is 1. The van der Waals surface area contributed by atoms with Crippen molar-refractivity contribution >= 4 is 17.6 Å². The Balaban J connectivity index is 2.13. The van der Waals surface area contributed by atoms with Crippen molar-refractivity contribution in [2.75, 3.05) is 24.6 Å². The largest absolute Gasteiger partial charge is 0.481 e. The summed E-state index contributed by atoms with van der Waals surface area (Å²) in [6, 6.07) is 5.42. The van der Waals surface area contributed by atoms with Crippen molar-refractivity contribution in [1.82, 2.24) is 0 Å². The summed E-state index contributed by atoms with van der Waals surface area (Å²) in [5.74, 6) is -1.31. The molecule has 6 heteroatoms. The van der Waals surface area contributed by atoms with E-state index in [2.05, 4.69) is 4.90 Å². The van der Waals surface area contributed by atoms with Crippen LogP contribution in [-0.2, 0) is 9.53 Å². The average molecular weight is 278 g/mol. The highest BCUT2D eigenvalue weighted by molar-refractivity contribution is 5.94. The molecule has 0 aliphatic carbocycles. The highest BCUT2D eigenvalue weighted by Gasteiger charge is 2.23. The number of aliphatic carboxylic acids is 1. The van der Waals surface area contributed by atoms with Crippen LogP contribution in [0.1, 0.15) is 22.3 Å². The second kappa shape index (κ2) is 5.92. The molecule has 1 fully saturated rings. The van der Waals surface area contributed by atoms with Gasteiger partial charge >= 0.3 is 5.97 Å². The monoisotopic (exact) mass is 278 g/mol. The van der Waals surface area contributed by atoms with E-state index in [1.807, 2.05) is 19.1 Å². The first-order valence-electron chi connectivity index (χ1n) is 6.46. The van der Waals surface area contributed by atoms with Gasteiger partial charge in [0.25, 0.3) is 0 Å². The summed E-state index contributed by atoms with van der Waals surface area (Å²) in [6.45, 7) is 3.56. The average Bonchev–Trinajstić information content (AvgIpc) is 2.37. The molecule has 0 aromatic heterocycles. The molecule has 108 valence electrons. The first-order chi connectivity index (χ1) is 9.47. The SMILES string of the molecule is Cc1cc(N2CCOC(CC(=O)O)C2)ccc1C(N)=O. The summed E-state index contributed by atoms with van der Waals surface area (Å²) >= 11 is 0. The number of nitrogens with zero attached hydrogens (tertiary/aromatic N) is 1. The maximum atomic E-state index is 11.2. The molecule has 6 nitrogen and oxygen atoms in total. The molecule has 3 N–H and O–H groups in total. The number of nitrogens with two attached hydrogens (primary N) is 1. The Morgan fingerprint density at radius 2 is 2.25 bits per heavy atom. The van der Waals surface area contributed by atoms with Crippen molar-refractivity contribution in [3.63, 3.8) is 0 Å². The van der Waals surface area contributed by atoms with Gasteiger partial charge in [0.1, 0.15) is 0 Å². The lowest BCUT2D eigenvalue weighted by Crippen LogP contribution is -2.43. The molecule has 1 aliphatic rings. The van der Waals surface area contributed by atoms with E-state index in [-0.39, 0.29) is 12.5 Å². The number of anilines is 1. The predicted molar refractivity (Wildman–Crippen MR) is 73.9 cm³/mol. The van der Waals surface area contributed by atoms with Gasteiger partial charge in [0.2, 0.25) is 5.91 Å². The van der Waals surface area contributed by atoms with Gasteiger partial charge in [-0.15, -0.1) is 0 Å². The van der Waals surface area contributed by atoms with Gasteiger partial charge in [0.05, 0.1) is 19.1 Å². The van der Waals surface area contributed by atoms with Crippen LogP contribution in [0.15, 0.2) is 18.2 Å². The van der Waals surface area contributed by atoms with Gasteiger partial charge < -0.3 is 20.5 Å². The third-order valence-electron chi connectivity index (χ3n) is 3.38. The van der Waals surface area contributed by atoms with E-state index in [0.717, 1.165) is 11.3 Å². The van der Waals surface area contributed by atoms with Crippen LogP contribution in [0.3, 0.4) is 0 Å². The van der Waals surface area contributed by atoms with Gasteiger partial charge in [0.15, 0.2) is 0 Å². The van der Waals surface area contributed by atoms with Crippen molar-refractivity contribution in [1.29, 1.82) is 0 Å². The minimum Gasteiger partial charge on any atom is -0.481 e. The number of hydrogen-bond donors (Lipinski definition) is 2. The number of rotatable bonds is 4. The number of primary amides is 1. The summed E-state index contributed by atoms with van der Waals surface area (Å²) in [6.07, 6.45) is -0.313. The maximum Gasteiger partial charge on any atom is 0.306 e. The summed E-state index contributed by atoms with van der Waals surface area (Å²) in [7, 11) is 0. The molecule has 1 amide bonds. The number of morpholine rings is 1. The lowest BCUT2D eigenvalue weighted by atomic mass is 10.1. The molecule has 2 rings (SSSR count). The fourth-order valence-electron chi connectivity index (χ4n) is 2.39. The molecule has 1 aliphatic heterocycles. The number of benzene rings is 1. The van der Waals surface area contributed by atoms with Gasteiger partial charge in [-0.25, -0.2) is 0 Å². The van der Waals surface area contributed by atoms with Crippen LogP contribution in [0.5, 0.6) is 0 Å². The van der Waals surface area contributed by atoms with Gasteiger partial charge in [-0.2, -0.15) is 0 Å². The van der Waals surface area contributed by atoms with Crippen molar-refractivity contribution < 1.29 is 19.4 Å². The molecular formula is C14H18N2O4. The molecular weight excluding hydrogens is 260 g/mol. The van der Waals surface area contributed by atoms with Crippen LogP contribution >= 0.6 is 0 Å². The highest BCUT2D eigenvalue weighted by atomic mass is 16.5. The molecule has 0 bridgehead atoms. The zero-order valence-electron chi connectivity index (χ0n) is 11.3. The molecule has 1 unspecified atom stereocenters. The second-order valence-electron chi connectivity index (χ2n) is 4.90. The third-order valence-corrected chi connectivity index (χ3v) is 3.38. The quantitative estimate of drug-likeness (QED) is 0.848. The Kier molecular flexibility index (Phi) is 4.24. The smallest absolute Gasteiger partial charge is 0.306 e. The van der Waals surface area contributed by atoms with Crippen molar-refractivity contribution in [3.05, 3.63) is 29.3 Å². The van der Waals surface area contributed by atoms with E-state index in [9.17, 15) is 9.59 Å². The number of carbonyl (C=O) groups is 2. The zero-order valence-corrected chi connectivity index (χ0v) is 11.3. The number of ether oxygens (including phenoxy) is 1. The van der Waals surface area contributed by atoms with Gasteiger partial charge in [-0.05, 0) is 30.7 Å². The molecule has 1 aromatic carbocycles. The first-order valence-corrected chi connectivity index (χ1v) is 6.46. The van der Waals surface area contributed by atoms with Gasteiger partial charge in [-0.1, -0.05) is 0 Å². The van der Waals surface area contributed by atoms with Crippen molar-refractivity contribution in [2.24, 2.45) is 5.73 Å². The van der Waals surface area contributed by atoms with E-state index in [4.69, 9.17) is 15.6 Å². The number of amides is 1. The summed E-state index contributed by atoms with van der Waals surface area (Å²) in [5.41, 5.74) is 7.55. The minimum absolute atomic E-state index is 0.00511. The van der Waals surface area contributed by atoms with Crippen molar-refractivity contribution in [2.45, 2.75) is 19.4 Å². The topological polar surface area (TPSA) is 92.9 Å². The maximum absolute atomic E-state index is 11.2. The predicted octanol–water partition coefficient (Wildman–Crippen LogP) is 0.774. The Labute approximate surface area is 117 Å². The Morgan fingerprint density at radius 1 is 1.50 bits per heavy atom. The van der Waals surface area contributed by atoms with Crippen LogP contribution in [0.25, 0.3) is 0 Å². The van der Waals surface area contributed by atoms with E-state index in [1.54, 1.807) is 6.07 Å². The van der Waals surface area contributed by atoms with Crippen LogP contribution < -0.4 is 10.6 Å². The Hall–Kier alpha value is -2.08. The lowest BCUT2D eigenvalue weighted by molar-refractivity contribution is -0.140. The normalized spacial score (nSPS) is 18.9. The summed E-state index contributed by atoms with van der Waals surface area (Å²) < 4.78 is 5.44. The second-order valence-corrected chi connectivity index (χ2v) is 4.90. The molecule has 20 heavy (non-hydrogen) atoms. The number of aryl methyl sites for hydroxylation is 1. The van der Waals surface area contributed by atoms with E-state index < -0.39 is 11.9 Å². The number of carboxylic acids is 1. The first kappa shape index (κ1) is 14.3. The Morgan fingerprint density at radius 3 is 2.85 bits per heavy atom. The fourth-order valence-corrected chi connectivity index (χ4v) is 2.39. The van der Waals surface area contributed by atoms with Crippen LogP contribution in [0, 0.1) is 6.92 Å². The van der Waals surface area contributed by atoms with Crippen LogP contribution in [-0.4, -0.2) is 42.8 Å². The molecule has 1 saturated heterocycles. The summed E-state index contributed by atoms with van der Waals surface area (Å²) in [5, 5.41) is 8.81. The third kappa shape index (κ3) is 3.27. The summed E-state index contributed by atoms with van der Waals surface area (Å²) in [4.78, 5) is 24.0. The Bertz CT molecular complexity index is 530. The van der Waals surface area contributed by atoms with E-state index >= 15 is 0 Å². The minimum atomic E-state index is -0.864. The van der Waals surface area contributed by atoms with E-state index in [1.165, 1.54) is 0 Å². The van der Waals surface area contributed by atoms with Crippen LogP contribution in [0.2, 0.25) is 0 Å². The highest BCUT2D eigenvalue weighted by Crippen LogP contribution is 2.22. The van der Waals surface area contributed by atoms with E-state index in [0.29, 0.717) is 25.3 Å². The van der Waals surface area contributed by atoms with Crippen molar-refractivity contribution in [3.8, 4) is 0 Å². The van der Waals surface area contributed by atoms with Gasteiger partial charge in [0, 0.05) is 24.3 Å². The molecule has 0 spiro atoms. The van der Waals surface area contributed by atoms with Crippen LogP contribution in [0.4, 0.5) is 5.69 Å². The zero-order chi connectivity index (χ0) is 14.7. The standard InChI is InChI=1S/C14H18N2O4/c1-9-6-10(2-3-12(9)14(15)19)16-4-5-20-11(8-16)7-13(17)18/h2-3,6,11H,4-5,7-8H2,1H3,(H2,15,19)(H,17,18). The molecule has 1 aromatic rings. The number of carboxylic acid groups (broad SMARTS) is 1. The molecule has 1 heterocycles. The lowest BCUT2D eigenvalue weighted by Gasteiger charge is -2.34. The van der Waals surface area contributed by atoms with Gasteiger partial charge in [-0.3, -0.25) is 9.59 Å². The molecule has 0 saturated carbocycles. The number of hydrogen-bond acceptors (Lipinski definition) is 4.